The van der Waals surface area contributed by atoms with Crippen molar-refractivity contribution in [1.82, 2.24) is 9.55 Å². The highest BCUT2D eigenvalue weighted by Crippen LogP contribution is 2.28. The van der Waals surface area contributed by atoms with Crippen LogP contribution in [0.1, 0.15) is 0 Å². The lowest BCUT2D eigenvalue weighted by Crippen LogP contribution is -1.99. The summed E-state index contributed by atoms with van der Waals surface area (Å²) in [6, 6.07) is 22.2. The summed E-state index contributed by atoms with van der Waals surface area (Å²) in [7, 11) is 0. The Morgan fingerprint density at radius 2 is 1.68 bits per heavy atom. The molecule has 0 spiro atoms. The van der Waals surface area contributed by atoms with E-state index in [1.807, 2.05) is 77.8 Å². The van der Waals surface area contributed by atoms with E-state index in [1.54, 1.807) is 6.20 Å². The number of nitrogens with one attached hydrogen (secondary N) is 1. The molecule has 2 aromatic carbocycles. The molecule has 3 N–H and O–H groups in total. The fraction of sp³-hybridized carbons (Fsp3) is 0. The number of anilines is 3. The molecular weight excluding hydrogens is 308 g/mol. The molecule has 0 aliphatic heterocycles. The average Bonchev–Trinajstić information content (AvgIpc) is 3.19. The SMILES string of the molecule is Nc1cc(-n2cccc2)ccc1Nc1cccc(-c2cccnc2)c1. The molecule has 0 saturated heterocycles. The smallest absolute Gasteiger partial charge is 0.0619 e. The Kier molecular flexibility index (Phi) is 3.92. The number of pyridine rings is 1. The summed E-state index contributed by atoms with van der Waals surface area (Å²) in [5.74, 6) is 0. The summed E-state index contributed by atoms with van der Waals surface area (Å²) >= 11 is 0. The summed E-state index contributed by atoms with van der Waals surface area (Å²) < 4.78 is 2.03. The highest BCUT2D eigenvalue weighted by atomic mass is 15.0. The number of nitrogens with two attached hydrogens (primary N) is 1. The minimum Gasteiger partial charge on any atom is -0.397 e. The molecule has 4 aromatic rings. The van der Waals surface area contributed by atoms with E-state index >= 15 is 0 Å². The van der Waals surface area contributed by atoms with Crippen molar-refractivity contribution in [1.29, 1.82) is 0 Å². The third kappa shape index (κ3) is 3.23. The molecule has 0 saturated carbocycles. The summed E-state index contributed by atoms with van der Waals surface area (Å²) in [5.41, 5.74) is 12.1. The Morgan fingerprint density at radius 1 is 0.840 bits per heavy atom. The maximum atomic E-state index is 6.24. The molecule has 4 rings (SSSR count). The van der Waals surface area contributed by atoms with E-state index in [4.69, 9.17) is 5.73 Å². The normalized spacial score (nSPS) is 10.6. The maximum Gasteiger partial charge on any atom is 0.0619 e. The quantitative estimate of drug-likeness (QED) is 0.526. The third-order valence-electron chi connectivity index (χ3n) is 4.07. The standard InChI is InChI=1S/C21H18N4/c22-20-14-19(25-11-1-2-12-25)8-9-21(20)24-18-7-3-5-16(13-18)17-6-4-10-23-15-17/h1-15,24H,22H2. The molecule has 25 heavy (non-hydrogen) atoms. The van der Waals surface area contributed by atoms with Gasteiger partial charge in [-0.05, 0) is 54.1 Å². The first-order valence-electron chi connectivity index (χ1n) is 8.10. The first-order chi connectivity index (χ1) is 12.3. The van der Waals surface area contributed by atoms with Crippen molar-refractivity contribution in [3.8, 4) is 16.8 Å². The first-order valence-corrected chi connectivity index (χ1v) is 8.10. The van der Waals surface area contributed by atoms with Gasteiger partial charge < -0.3 is 15.6 Å². The Hall–Kier alpha value is -3.53. The number of benzene rings is 2. The number of hydrogen-bond acceptors (Lipinski definition) is 3. The van der Waals surface area contributed by atoms with Crippen molar-refractivity contribution in [2.24, 2.45) is 0 Å². The molecule has 4 nitrogen and oxygen atoms in total. The van der Waals surface area contributed by atoms with Gasteiger partial charge in [0.15, 0.2) is 0 Å². The lowest BCUT2D eigenvalue weighted by atomic mass is 10.1. The van der Waals surface area contributed by atoms with Crippen LogP contribution in [0.25, 0.3) is 16.8 Å². The molecule has 0 aliphatic carbocycles. The zero-order chi connectivity index (χ0) is 17.1. The average molecular weight is 326 g/mol. The summed E-state index contributed by atoms with van der Waals surface area (Å²) in [6.07, 6.45) is 7.64. The fourth-order valence-electron chi connectivity index (χ4n) is 2.80. The predicted molar refractivity (Wildman–Crippen MR) is 103 cm³/mol. The largest absolute Gasteiger partial charge is 0.397 e. The van der Waals surface area contributed by atoms with Crippen LogP contribution in [0.2, 0.25) is 0 Å². The van der Waals surface area contributed by atoms with Gasteiger partial charge in [-0.2, -0.15) is 0 Å². The van der Waals surface area contributed by atoms with Crippen LogP contribution in [-0.2, 0) is 0 Å². The minimum absolute atomic E-state index is 0.706. The van der Waals surface area contributed by atoms with Crippen molar-refractivity contribution in [2.45, 2.75) is 0 Å². The van der Waals surface area contributed by atoms with Crippen molar-refractivity contribution < 1.29 is 0 Å². The minimum atomic E-state index is 0.706. The zero-order valence-corrected chi connectivity index (χ0v) is 13.6. The van der Waals surface area contributed by atoms with E-state index in [0.29, 0.717) is 5.69 Å². The molecule has 0 bridgehead atoms. The number of rotatable bonds is 4. The van der Waals surface area contributed by atoms with E-state index in [9.17, 15) is 0 Å². The monoisotopic (exact) mass is 326 g/mol. The van der Waals surface area contributed by atoms with Crippen LogP contribution in [0.3, 0.4) is 0 Å². The Morgan fingerprint density at radius 3 is 2.44 bits per heavy atom. The van der Waals surface area contributed by atoms with Crippen LogP contribution in [0.15, 0.2) is 91.5 Å². The van der Waals surface area contributed by atoms with Crippen molar-refractivity contribution >= 4 is 17.1 Å². The molecule has 0 atom stereocenters. The van der Waals surface area contributed by atoms with Gasteiger partial charge in [0.05, 0.1) is 11.4 Å². The topological polar surface area (TPSA) is 55.9 Å². The van der Waals surface area contributed by atoms with Gasteiger partial charge in [-0.1, -0.05) is 18.2 Å². The number of aromatic nitrogens is 2. The molecule has 4 heteroatoms. The lowest BCUT2D eigenvalue weighted by molar-refractivity contribution is 1.08. The van der Waals surface area contributed by atoms with Gasteiger partial charge in [0.2, 0.25) is 0 Å². The third-order valence-corrected chi connectivity index (χ3v) is 4.07. The zero-order valence-electron chi connectivity index (χ0n) is 13.6. The molecule has 0 aliphatic rings. The van der Waals surface area contributed by atoms with Crippen LogP contribution >= 0.6 is 0 Å². The van der Waals surface area contributed by atoms with E-state index < -0.39 is 0 Å². The van der Waals surface area contributed by atoms with Crippen molar-refractivity contribution in [3.05, 3.63) is 91.5 Å². The first kappa shape index (κ1) is 15.0. The van der Waals surface area contributed by atoms with Crippen molar-refractivity contribution in [3.63, 3.8) is 0 Å². The maximum absolute atomic E-state index is 6.24. The van der Waals surface area contributed by atoms with E-state index in [-0.39, 0.29) is 0 Å². The lowest BCUT2D eigenvalue weighted by Gasteiger charge is -2.12. The highest BCUT2D eigenvalue weighted by molar-refractivity contribution is 5.77. The highest BCUT2D eigenvalue weighted by Gasteiger charge is 2.04. The van der Waals surface area contributed by atoms with Crippen LogP contribution in [-0.4, -0.2) is 9.55 Å². The summed E-state index contributed by atoms with van der Waals surface area (Å²) in [6.45, 7) is 0. The van der Waals surface area contributed by atoms with E-state index in [0.717, 1.165) is 28.2 Å². The van der Waals surface area contributed by atoms with Crippen molar-refractivity contribution in [2.75, 3.05) is 11.1 Å². The Balaban J connectivity index is 1.60. The molecule has 122 valence electrons. The van der Waals surface area contributed by atoms with Gasteiger partial charge in [0.1, 0.15) is 0 Å². The van der Waals surface area contributed by atoms with Crippen LogP contribution < -0.4 is 11.1 Å². The number of hydrogen-bond donors (Lipinski definition) is 2. The second-order valence-electron chi connectivity index (χ2n) is 5.81. The molecule has 2 aromatic heterocycles. The van der Waals surface area contributed by atoms with Gasteiger partial charge in [0, 0.05) is 41.7 Å². The molecule has 0 unspecified atom stereocenters. The molecular formula is C21H18N4. The fourth-order valence-corrected chi connectivity index (χ4v) is 2.80. The summed E-state index contributed by atoms with van der Waals surface area (Å²) in [4.78, 5) is 4.18. The number of nitrogens with zero attached hydrogens (tertiary/aromatic N) is 2. The molecule has 0 fully saturated rings. The Labute approximate surface area is 146 Å². The van der Waals surface area contributed by atoms with Crippen LogP contribution in [0.5, 0.6) is 0 Å². The van der Waals surface area contributed by atoms with Gasteiger partial charge in [-0.3, -0.25) is 4.98 Å². The van der Waals surface area contributed by atoms with Crippen LogP contribution in [0.4, 0.5) is 17.1 Å². The van der Waals surface area contributed by atoms with Crippen LogP contribution in [0, 0.1) is 0 Å². The Bertz CT molecular complexity index is 976. The second-order valence-corrected chi connectivity index (χ2v) is 5.81. The number of nitrogen functional groups attached to an aromatic ring is 1. The summed E-state index contributed by atoms with van der Waals surface area (Å²) in [5, 5.41) is 3.40. The predicted octanol–water partition coefficient (Wildman–Crippen LogP) is 4.87. The molecule has 0 radical (unpaired) electrons. The van der Waals surface area contributed by atoms with Gasteiger partial charge in [-0.15, -0.1) is 0 Å². The van der Waals surface area contributed by atoms with Gasteiger partial charge in [0.25, 0.3) is 0 Å². The van der Waals surface area contributed by atoms with Gasteiger partial charge in [-0.25, -0.2) is 0 Å². The van der Waals surface area contributed by atoms with E-state index in [1.165, 1.54) is 0 Å². The molecule has 0 amide bonds. The second kappa shape index (κ2) is 6.53. The van der Waals surface area contributed by atoms with E-state index in [2.05, 4.69) is 22.4 Å². The van der Waals surface area contributed by atoms with Gasteiger partial charge >= 0.3 is 0 Å². The molecule has 2 heterocycles.